The number of ether oxygens (including phenoxy) is 7. The molecular weight excluding hydrogens is 770 g/mol. The Balaban J connectivity index is 1.41. The van der Waals surface area contributed by atoms with Crippen LogP contribution in [-0.4, -0.2) is 75.1 Å². The van der Waals surface area contributed by atoms with E-state index in [0.29, 0.717) is 24.7 Å². The summed E-state index contributed by atoms with van der Waals surface area (Å²) >= 11 is 3.87. The van der Waals surface area contributed by atoms with Crippen LogP contribution in [0.5, 0.6) is 23.0 Å². The molecule has 56 heavy (non-hydrogen) atoms. The van der Waals surface area contributed by atoms with Crippen molar-refractivity contribution in [2.24, 2.45) is 0 Å². The van der Waals surface area contributed by atoms with Gasteiger partial charge in [-0.1, -0.05) is 48.5 Å². The van der Waals surface area contributed by atoms with Crippen LogP contribution in [0.25, 0.3) is 28.0 Å². The Morgan fingerprint density at radius 1 is 0.714 bits per heavy atom. The van der Waals surface area contributed by atoms with E-state index < -0.39 is 5.60 Å². The molecule has 0 amide bonds. The molecule has 0 aromatic heterocycles. The van der Waals surface area contributed by atoms with Crippen LogP contribution in [0.1, 0.15) is 53.5 Å². The third-order valence-corrected chi connectivity index (χ3v) is 12.5. The summed E-state index contributed by atoms with van der Waals surface area (Å²) in [5, 5.41) is 2.09. The minimum atomic E-state index is -1.02. The first-order valence-corrected chi connectivity index (χ1v) is 20.2. The Labute approximate surface area is 338 Å². The smallest absolute Gasteiger partial charge is 0.178 e. The molecule has 1 aliphatic carbocycles. The predicted molar refractivity (Wildman–Crippen MR) is 226 cm³/mol. The first kappa shape index (κ1) is 38.3. The summed E-state index contributed by atoms with van der Waals surface area (Å²) in [5.74, 6) is 2.84. The molecule has 9 heteroatoms. The van der Waals surface area contributed by atoms with Crippen LogP contribution in [0, 0.1) is 0 Å². The van der Waals surface area contributed by atoms with Crippen LogP contribution >= 0.6 is 15.9 Å². The monoisotopic (exact) mass is 819 g/mol. The number of hydrogen-bond donors (Lipinski definition) is 0. The van der Waals surface area contributed by atoms with E-state index >= 15 is 0 Å². The number of morpholine rings is 1. The van der Waals surface area contributed by atoms with Crippen molar-refractivity contribution in [3.05, 3.63) is 117 Å². The van der Waals surface area contributed by atoms with Crippen LogP contribution in [0.15, 0.2) is 89.4 Å². The fourth-order valence-corrected chi connectivity index (χ4v) is 9.80. The van der Waals surface area contributed by atoms with Crippen LogP contribution in [-0.2, 0) is 25.2 Å². The largest absolute Gasteiger partial charge is 0.496 e. The van der Waals surface area contributed by atoms with Gasteiger partial charge in [0.2, 0.25) is 0 Å². The van der Waals surface area contributed by atoms with E-state index in [1.807, 2.05) is 12.1 Å². The van der Waals surface area contributed by atoms with Crippen LogP contribution in [0.2, 0.25) is 0 Å². The molecule has 0 radical (unpaired) electrons. The third-order valence-electron chi connectivity index (χ3n) is 11.9. The molecule has 1 unspecified atom stereocenters. The lowest BCUT2D eigenvalue weighted by Crippen LogP contribution is -2.37. The number of benzene rings is 5. The van der Waals surface area contributed by atoms with Gasteiger partial charge in [0.05, 0.1) is 39.0 Å². The van der Waals surface area contributed by atoms with Crippen LogP contribution in [0.4, 0.5) is 5.69 Å². The zero-order chi connectivity index (χ0) is 38.9. The molecule has 1 saturated heterocycles. The van der Waals surface area contributed by atoms with Crippen molar-refractivity contribution in [3.63, 3.8) is 0 Å². The average Bonchev–Trinajstić information content (AvgIpc) is 3.53. The summed E-state index contributed by atoms with van der Waals surface area (Å²) in [7, 11) is 8.61. The van der Waals surface area contributed by atoms with Gasteiger partial charge >= 0.3 is 0 Å². The average molecular weight is 821 g/mol. The maximum absolute atomic E-state index is 7.73. The van der Waals surface area contributed by atoms with Gasteiger partial charge in [-0.05, 0) is 112 Å². The van der Waals surface area contributed by atoms with E-state index in [0.717, 1.165) is 101 Å². The van der Waals surface area contributed by atoms with Crippen molar-refractivity contribution in [3.8, 4) is 34.1 Å². The predicted octanol–water partition coefficient (Wildman–Crippen LogP) is 9.93. The Morgan fingerprint density at radius 3 is 2.07 bits per heavy atom. The molecule has 3 aliphatic rings. The van der Waals surface area contributed by atoms with E-state index in [4.69, 9.17) is 33.2 Å². The maximum Gasteiger partial charge on any atom is 0.178 e. The lowest BCUT2D eigenvalue weighted by atomic mass is 9.69. The van der Waals surface area contributed by atoms with E-state index in [1.54, 1.807) is 35.5 Å². The number of hydrogen-bond acceptors (Lipinski definition) is 8. The molecule has 8 nitrogen and oxygen atoms in total. The van der Waals surface area contributed by atoms with Gasteiger partial charge in [-0.15, -0.1) is 0 Å². The van der Waals surface area contributed by atoms with Gasteiger partial charge in [0.25, 0.3) is 0 Å². The van der Waals surface area contributed by atoms with Crippen molar-refractivity contribution in [2.45, 2.75) is 36.7 Å². The summed E-state index contributed by atoms with van der Waals surface area (Å²) < 4.78 is 43.2. The Bertz CT molecular complexity index is 2240. The van der Waals surface area contributed by atoms with Gasteiger partial charge in [0, 0.05) is 73.7 Å². The molecule has 0 bridgehead atoms. The number of methoxy groups -OCH3 is 5. The van der Waals surface area contributed by atoms with Crippen molar-refractivity contribution < 1.29 is 33.2 Å². The number of fused-ring (bicyclic) bond motifs is 8. The Hall–Kier alpha value is -4.54. The van der Waals surface area contributed by atoms with Crippen molar-refractivity contribution in [1.82, 2.24) is 0 Å². The molecule has 5 aromatic carbocycles. The molecule has 2 aliphatic heterocycles. The lowest BCUT2D eigenvalue weighted by Gasteiger charge is -2.40. The molecule has 1 atom stereocenters. The van der Waals surface area contributed by atoms with Gasteiger partial charge in [0.15, 0.2) is 17.1 Å². The van der Waals surface area contributed by atoms with Crippen LogP contribution < -0.4 is 23.8 Å². The van der Waals surface area contributed by atoms with E-state index in [9.17, 15) is 0 Å². The highest BCUT2D eigenvalue weighted by atomic mass is 79.9. The normalized spacial score (nSPS) is 17.9. The maximum atomic E-state index is 7.73. The molecule has 292 valence electrons. The van der Waals surface area contributed by atoms with Crippen molar-refractivity contribution in [2.75, 3.05) is 80.0 Å². The number of halogens is 1. The molecule has 0 spiro atoms. The molecule has 0 N–H and O–H groups in total. The highest BCUT2D eigenvalue weighted by molar-refractivity contribution is 9.10. The minimum Gasteiger partial charge on any atom is -0.496 e. The van der Waals surface area contributed by atoms with Gasteiger partial charge in [-0.2, -0.15) is 0 Å². The highest BCUT2D eigenvalue weighted by Gasteiger charge is 2.48. The van der Waals surface area contributed by atoms with E-state index in [2.05, 4.69) is 99.7 Å². The van der Waals surface area contributed by atoms with Gasteiger partial charge in [0.1, 0.15) is 11.5 Å². The number of nitrogens with zero attached hydrogens (tertiary/aromatic N) is 1. The number of anilines is 1. The quantitative estimate of drug-likeness (QED) is 0.103. The Morgan fingerprint density at radius 2 is 1.39 bits per heavy atom. The zero-order valence-corrected chi connectivity index (χ0v) is 34.5. The fourth-order valence-electron chi connectivity index (χ4n) is 9.29. The second kappa shape index (κ2) is 16.1. The summed E-state index contributed by atoms with van der Waals surface area (Å²) in [6.07, 6.45) is 8.20. The SMILES string of the molecule is COCCCC1(CCCOC)c2ccccc2-c2c1c1c(c3cc(OC)c(Br)cc23)OC(c2ccc(N3CCOCC3)cc2)(c2ccc(OC)c(OC)c2)C=C1. The Kier molecular flexibility index (Phi) is 11.0. The lowest BCUT2D eigenvalue weighted by molar-refractivity contribution is 0.122. The minimum absolute atomic E-state index is 0.301. The zero-order valence-electron chi connectivity index (χ0n) is 32.9. The summed E-state index contributed by atoms with van der Waals surface area (Å²) in [6.45, 7) is 4.52. The summed E-state index contributed by atoms with van der Waals surface area (Å²) in [4.78, 5) is 2.37. The second-order valence-electron chi connectivity index (χ2n) is 14.7. The van der Waals surface area contributed by atoms with E-state index in [-0.39, 0.29) is 5.41 Å². The molecule has 0 saturated carbocycles. The van der Waals surface area contributed by atoms with Gasteiger partial charge < -0.3 is 38.1 Å². The fraction of sp³-hybridized carbons (Fsp3) is 0.362. The molecule has 5 aromatic rings. The van der Waals surface area contributed by atoms with E-state index in [1.165, 1.54) is 22.3 Å². The summed E-state index contributed by atoms with van der Waals surface area (Å²) in [6, 6.07) is 28.1. The van der Waals surface area contributed by atoms with Crippen molar-refractivity contribution >= 4 is 38.5 Å². The highest BCUT2D eigenvalue weighted by Crippen LogP contribution is 2.61. The number of rotatable bonds is 14. The van der Waals surface area contributed by atoms with Crippen LogP contribution in [0.3, 0.4) is 0 Å². The molecule has 8 rings (SSSR count). The molecular formula is C47H50BrNO7. The second-order valence-corrected chi connectivity index (χ2v) is 15.6. The first-order chi connectivity index (χ1) is 27.4. The topological polar surface area (TPSA) is 67.9 Å². The van der Waals surface area contributed by atoms with Crippen molar-refractivity contribution in [1.29, 1.82) is 0 Å². The standard InChI is InChI=1S/C47H50BrNO7/c1-50-24-8-19-46(20-9-25-51-2)38-11-7-6-10-34(38)43-36-29-39(48)41(53-4)30-37(36)45-35(44(43)46)18-21-47(56-45,32-14-17-40(52-3)42(28-32)54-5)31-12-15-33(16-13-31)49-22-26-55-27-23-49/h6-7,10-18,21,28-30H,8-9,19-20,22-27H2,1-5H3. The van der Waals surface area contributed by atoms with Gasteiger partial charge in [-0.3, -0.25) is 0 Å². The molecule has 2 heterocycles. The van der Waals surface area contributed by atoms with Gasteiger partial charge in [-0.25, -0.2) is 0 Å². The summed E-state index contributed by atoms with van der Waals surface area (Å²) in [5.41, 5.74) is 7.98. The molecule has 1 fully saturated rings. The third kappa shape index (κ3) is 6.42. The first-order valence-electron chi connectivity index (χ1n) is 19.4.